The van der Waals surface area contributed by atoms with Gasteiger partial charge in [0.05, 0.1) is 0 Å². The van der Waals surface area contributed by atoms with Crippen molar-refractivity contribution < 1.29 is 9.53 Å². The molecule has 0 N–H and O–H groups in total. The van der Waals surface area contributed by atoms with Crippen molar-refractivity contribution in [3.8, 4) is 22.6 Å². The first-order valence-electron chi connectivity index (χ1n) is 12.2. The van der Waals surface area contributed by atoms with Crippen molar-refractivity contribution in [2.45, 2.75) is 13.8 Å². The number of anilines is 3. The van der Waals surface area contributed by atoms with E-state index in [1.54, 1.807) is 0 Å². The molecule has 0 spiro atoms. The Balaban J connectivity index is 1.44. The van der Waals surface area contributed by atoms with Gasteiger partial charge in [-0.15, -0.1) is 0 Å². The first-order valence-corrected chi connectivity index (χ1v) is 13.1. The van der Waals surface area contributed by atoms with Gasteiger partial charge in [0, 0.05) is 0 Å². The number of carbonyl (C=O) groups is 1. The fourth-order valence-corrected chi connectivity index (χ4v) is 5.55. The third kappa shape index (κ3) is 4.15. The minimum atomic E-state index is 0.0159. The van der Waals surface area contributed by atoms with Gasteiger partial charge in [0.1, 0.15) is 0 Å². The van der Waals surface area contributed by atoms with Crippen LogP contribution in [0.2, 0.25) is 0 Å². The molecular weight excluding hydrogens is 521 g/mol. The molecule has 0 saturated carbocycles. The van der Waals surface area contributed by atoms with Gasteiger partial charge in [0.25, 0.3) is 0 Å². The fourth-order valence-electron chi connectivity index (χ4n) is 4.95. The van der Waals surface area contributed by atoms with E-state index < -0.39 is 0 Å². The average molecular weight is 546 g/mol. The summed E-state index contributed by atoms with van der Waals surface area (Å²) in [5, 5.41) is 0. The summed E-state index contributed by atoms with van der Waals surface area (Å²) >= 11 is 3.10. The number of carbonyl (C=O) groups excluding carboxylic acids is 1. The number of aryl methyl sites for hydroxylation is 2. The van der Waals surface area contributed by atoms with Gasteiger partial charge >= 0.3 is 226 Å². The van der Waals surface area contributed by atoms with Gasteiger partial charge in [-0.2, -0.15) is 0 Å². The summed E-state index contributed by atoms with van der Waals surface area (Å²) < 4.78 is 7.15. The fraction of sp³-hybridized carbons (Fsp3) is 0.0606. The van der Waals surface area contributed by atoms with Crippen molar-refractivity contribution in [3.63, 3.8) is 0 Å². The van der Waals surface area contributed by atoms with E-state index in [2.05, 4.69) is 71.2 Å². The van der Waals surface area contributed by atoms with Crippen molar-refractivity contribution in [1.82, 2.24) is 0 Å². The Morgan fingerprint density at radius 2 is 1.30 bits per heavy atom. The molecule has 3 nitrogen and oxygen atoms in total. The van der Waals surface area contributed by atoms with Crippen molar-refractivity contribution in [2.24, 2.45) is 0 Å². The second-order valence-electron chi connectivity index (χ2n) is 9.24. The third-order valence-electron chi connectivity index (χ3n) is 6.77. The molecule has 6 rings (SSSR count). The number of rotatable bonds is 4. The van der Waals surface area contributed by atoms with Gasteiger partial charge in [-0.05, 0) is 0 Å². The van der Waals surface area contributed by atoms with Crippen molar-refractivity contribution in [3.05, 3.63) is 131 Å². The molecule has 0 amide bonds. The van der Waals surface area contributed by atoms with E-state index in [1.165, 1.54) is 0 Å². The Morgan fingerprint density at radius 1 is 0.676 bits per heavy atom. The van der Waals surface area contributed by atoms with Gasteiger partial charge < -0.3 is 0 Å². The number of nitrogens with zero attached hydrogens (tertiary/aromatic N) is 1. The molecule has 0 fully saturated rings. The summed E-state index contributed by atoms with van der Waals surface area (Å²) in [5.41, 5.74) is 8.92. The Labute approximate surface area is 225 Å². The molecule has 0 saturated heterocycles. The van der Waals surface area contributed by atoms with Crippen LogP contribution in [0.15, 0.2) is 109 Å². The molecule has 5 aromatic rings. The number of benzene rings is 5. The van der Waals surface area contributed by atoms with E-state index in [0.29, 0.717) is 11.1 Å². The second kappa shape index (κ2) is 9.40. The zero-order chi connectivity index (χ0) is 25.5. The number of hydrogen-bond donors (Lipinski definition) is 0. The molecular formula is C33H24NO2Se. The van der Waals surface area contributed by atoms with Crippen molar-refractivity contribution in [2.75, 3.05) is 4.90 Å². The number of hydrogen-bond acceptors (Lipinski definition) is 3. The first-order chi connectivity index (χ1) is 18.0. The molecule has 179 valence electrons. The zero-order valence-electron chi connectivity index (χ0n) is 20.6. The molecule has 1 aliphatic rings. The average Bonchev–Trinajstić information content (AvgIpc) is 2.92. The van der Waals surface area contributed by atoms with E-state index >= 15 is 0 Å². The Hall–Kier alpha value is -4.11. The predicted octanol–water partition coefficient (Wildman–Crippen LogP) is 7.57. The molecule has 1 heterocycles. The molecule has 4 heteroatoms. The number of ether oxygens (including phenoxy) is 1. The summed E-state index contributed by atoms with van der Waals surface area (Å²) in [7, 11) is 0. The van der Waals surface area contributed by atoms with Gasteiger partial charge in [-0.1, -0.05) is 0 Å². The van der Waals surface area contributed by atoms with Gasteiger partial charge in [0.15, 0.2) is 0 Å². The second-order valence-corrected chi connectivity index (χ2v) is 10.2. The van der Waals surface area contributed by atoms with Crippen LogP contribution < -0.4 is 14.1 Å². The standard InChI is InChI=1S/C33H24NO2Se/c1-21-9-6-15-28-31(21)34(32-22(2)10-7-16-29(32)36-28)26-14-8-13-24(19-26)25-17-18-27(30(37)20-25)33(35)23-11-4-3-5-12-23/h3-20H,1-2H3. The molecule has 0 aliphatic carbocycles. The molecule has 5 aromatic carbocycles. The molecule has 37 heavy (non-hydrogen) atoms. The minimum absolute atomic E-state index is 0.0159. The van der Waals surface area contributed by atoms with E-state index in [4.69, 9.17) is 4.74 Å². The number of para-hydroxylation sites is 2. The van der Waals surface area contributed by atoms with Crippen LogP contribution in [0.25, 0.3) is 11.1 Å². The van der Waals surface area contributed by atoms with Crippen LogP contribution in [0.1, 0.15) is 27.0 Å². The Morgan fingerprint density at radius 3 is 1.95 bits per heavy atom. The van der Waals surface area contributed by atoms with Crippen LogP contribution in [0.3, 0.4) is 0 Å². The van der Waals surface area contributed by atoms with Gasteiger partial charge in [-0.3, -0.25) is 0 Å². The number of fused-ring (bicyclic) bond motifs is 2. The van der Waals surface area contributed by atoms with Crippen LogP contribution in [0, 0.1) is 13.8 Å². The molecule has 1 radical (unpaired) electrons. The Bertz CT molecular complexity index is 1610. The maximum absolute atomic E-state index is 13.0. The van der Waals surface area contributed by atoms with Crippen LogP contribution in [-0.2, 0) is 0 Å². The van der Waals surface area contributed by atoms with Crippen LogP contribution in [0.5, 0.6) is 11.5 Å². The molecule has 1 aliphatic heterocycles. The van der Waals surface area contributed by atoms with Crippen LogP contribution in [-0.4, -0.2) is 21.8 Å². The van der Waals surface area contributed by atoms with E-state index in [0.717, 1.165) is 55.3 Å². The first kappa shape index (κ1) is 23.3. The van der Waals surface area contributed by atoms with Crippen molar-refractivity contribution in [1.29, 1.82) is 0 Å². The number of ketones is 1. The van der Waals surface area contributed by atoms with Crippen LogP contribution >= 0.6 is 0 Å². The topological polar surface area (TPSA) is 29.5 Å². The maximum atomic E-state index is 13.0. The summed E-state index contributed by atoms with van der Waals surface area (Å²) in [5.74, 6) is 1.71. The Kier molecular flexibility index (Phi) is 5.92. The van der Waals surface area contributed by atoms with E-state index in [-0.39, 0.29) is 5.78 Å². The normalized spacial score (nSPS) is 11.9. The van der Waals surface area contributed by atoms with Gasteiger partial charge in [0.2, 0.25) is 0 Å². The summed E-state index contributed by atoms with van der Waals surface area (Å²) in [4.78, 5) is 15.3. The van der Waals surface area contributed by atoms with Crippen molar-refractivity contribution >= 4 is 43.3 Å². The zero-order valence-corrected chi connectivity index (χ0v) is 22.3. The van der Waals surface area contributed by atoms with E-state index in [1.807, 2.05) is 72.8 Å². The molecule has 0 atom stereocenters. The third-order valence-corrected chi connectivity index (χ3v) is 7.48. The SMILES string of the molecule is Cc1cccc2c1N(c1cccc(-c3ccc(C(=O)c4ccccc4)c([Se])c3)c1)c1c(C)cccc1O2. The predicted molar refractivity (Wildman–Crippen MR) is 151 cm³/mol. The monoisotopic (exact) mass is 546 g/mol. The quantitative estimate of drug-likeness (QED) is 0.169. The van der Waals surface area contributed by atoms with Crippen LogP contribution in [0.4, 0.5) is 17.1 Å². The summed E-state index contributed by atoms with van der Waals surface area (Å²) in [6, 6.07) is 36.2. The summed E-state index contributed by atoms with van der Waals surface area (Å²) in [6.45, 7) is 4.23. The molecule has 0 unspecified atom stereocenters. The molecule has 0 aromatic heterocycles. The van der Waals surface area contributed by atoms with Gasteiger partial charge in [-0.25, -0.2) is 0 Å². The summed E-state index contributed by atoms with van der Waals surface area (Å²) in [6.07, 6.45) is 0. The van der Waals surface area contributed by atoms with E-state index in [9.17, 15) is 4.79 Å². The molecule has 0 bridgehead atoms.